The summed E-state index contributed by atoms with van der Waals surface area (Å²) in [4.78, 5) is 17.4. The zero-order chi connectivity index (χ0) is 18.8. The third-order valence-corrected chi connectivity index (χ3v) is 5.46. The number of nitrogens with zero attached hydrogens (tertiary/aromatic N) is 4. The number of carbonyl (C=O) groups is 1. The molecule has 0 spiro atoms. The molecule has 144 valence electrons. The summed E-state index contributed by atoms with van der Waals surface area (Å²) in [6.07, 6.45) is 2.80. The van der Waals surface area contributed by atoms with Crippen molar-refractivity contribution in [2.75, 3.05) is 33.0 Å². The summed E-state index contributed by atoms with van der Waals surface area (Å²) in [6.45, 7) is 8.90. The van der Waals surface area contributed by atoms with Crippen LogP contribution in [0, 0.1) is 0 Å². The Kier molecular flexibility index (Phi) is 5.03. The van der Waals surface area contributed by atoms with Crippen LogP contribution in [0.15, 0.2) is 30.5 Å². The molecule has 0 saturated heterocycles. The van der Waals surface area contributed by atoms with Gasteiger partial charge in [-0.05, 0) is 43.8 Å². The molecule has 1 aromatic carbocycles. The van der Waals surface area contributed by atoms with Crippen LogP contribution in [-0.4, -0.2) is 58.5 Å². The van der Waals surface area contributed by atoms with Gasteiger partial charge in [0.15, 0.2) is 11.5 Å². The standard InChI is InChI=1S/C20H26N4O3/c1-3-22(4-2)10-8-17-13-23(12-16-7-9-21-24(16)17)20(25)15-5-6-18-19(11-15)27-14-26-18/h5-7,9,11,17H,3-4,8,10,12-14H2,1-2H3. The molecular formula is C20H26N4O3. The first kappa shape index (κ1) is 17.9. The number of amides is 1. The molecule has 1 unspecified atom stereocenters. The normalized spacial score (nSPS) is 18.0. The van der Waals surface area contributed by atoms with Crippen LogP contribution in [-0.2, 0) is 6.54 Å². The summed E-state index contributed by atoms with van der Waals surface area (Å²) >= 11 is 0. The quantitative estimate of drug-likeness (QED) is 0.782. The molecule has 3 heterocycles. The van der Waals surface area contributed by atoms with E-state index in [1.807, 2.05) is 29.3 Å². The fraction of sp³-hybridized carbons (Fsp3) is 0.500. The molecule has 0 aliphatic carbocycles. The lowest BCUT2D eigenvalue weighted by Gasteiger charge is -2.35. The van der Waals surface area contributed by atoms with Gasteiger partial charge in [0.25, 0.3) is 5.91 Å². The minimum absolute atomic E-state index is 0.0218. The third kappa shape index (κ3) is 3.51. The minimum Gasteiger partial charge on any atom is -0.454 e. The number of hydrogen-bond acceptors (Lipinski definition) is 5. The predicted octanol–water partition coefficient (Wildman–Crippen LogP) is 2.54. The van der Waals surface area contributed by atoms with Gasteiger partial charge in [0.1, 0.15) is 0 Å². The van der Waals surface area contributed by atoms with Gasteiger partial charge in [-0.15, -0.1) is 0 Å². The van der Waals surface area contributed by atoms with Crippen LogP contribution in [0.3, 0.4) is 0 Å². The van der Waals surface area contributed by atoms with Crippen molar-refractivity contribution >= 4 is 5.91 Å². The fourth-order valence-corrected chi connectivity index (χ4v) is 3.84. The number of benzene rings is 1. The molecule has 1 aromatic heterocycles. The second kappa shape index (κ2) is 7.60. The highest BCUT2D eigenvalue weighted by atomic mass is 16.7. The molecule has 2 aliphatic heterocycles. The first-order valence-corrected chi connectivity index (χ1v) is 9.63. The molecule has 1 amide bonds. The Hall–Kier alpha value is -2.54. The second-order valence-corrected chi connectivity index (χ2v) is 6.99. The number of ether oxygens (including phenoxy) is 2. The molecule has 4 rings (SSSR count). The molecule has 0 N–H and O–H groups in total. The van der Waals surface area contributed by atoms with Crippen LogP contribution in [0.1, 0.15) is 42.4 Å². The molecule has 0 saturated carbocycles. The van der Waals surface area contributed by atoms with Crippen molar-refractivity contribution < 1.29 is 14.3 Å². The van der Waals surface area contributed by atoms with Gasteiger partial charge in [-0.25, -0.2) is 0 Å². The van der Waals surface area contributed by atoms with E-state index in [2.05, 4.69) is 28.5 Å². The molecule has 2 aromatic rings. The largest absolute Gasteiger partial charge is 0.454 e. The van der Waals surface area contributed by atoms with Gasteiger partial charge in [-0.3, -0.25) is 9.48 Å². The zero-order valence-corrected chi connectivity index (χ0v) is 15.9. The van der Waals surface area contributed by atoms with Crippen molar-refractivity contribution in [2.24, 2.45) is 0 Å². The summed E-state index contributed by atoms with van der Waals surface area (Å²) in [7, 11) is 0. The number of hydrogen-bond donors (Lipinski definition) is 0. The highest BCUT2D eigenvalue weighted by Crippen LogP contribution is 2.33. The van der Waals surface area contributed by atoms with E-state index in [1.54, 1.807) is 6.07 Å². The average molecular weight is 370 g/mol. The maximum atomic E-state index is 13.1. The van der Waals surface area contributed by atoms with Gasteiger partial charge < -0.3 is 19.3 Å². The lowest BCUT2D eigenvalue weighted by atomic mass is 10.1. The van der Waals surface area contributed by atoms with Gasteiger partial charge in [-0.2, -0.15) is 5.10 Å². The number of carbonyl (C=O) groups excluding carboxylic acids is 1. The first-order chi connectivity index (χ1) is 13.2. The van der Waals surface area contributed by atoms with Gasteiger partial charge in [0, 0.05) is 24.8 Å². The molecule has 0 radical (unpaired) electrons. The lowest BCUT2D eigenvalue weighted by molar-refractivity contribution is 0.0656. The van der Waals surface area contributed by atoms with E-state index in [-0.39, 0.29) is 18.7 Å². The number of fused-ring (bicyclic) bond motifs is 2. The Morgan fingerprint density at radius 1 is 1.22 bits per heavy atom. The Balaban J connectivity index is 1.51. The van der Waals surface area contributed by atoms with Crippen molar-refractivity contribution in [3.63, 3.8) is 0 Å². The van der Waals surface area contributed by atoms with E-state index in [1.165, 1.54) is 0 Å². The summed E-state index contributed by atoms with van der Waals surface area (Å²) in [5.74, 6) is 1.36. The molecule has 7 nitrogen and oxygen atoms in total. The number of rotatable bonds is 6. The van der Waals surface area contributed by atoms with Crippen LogP contribution < -0.4 is 9.47 Å². The van der Waals surface area contributed by atoms with E-state index >= 15 is 0 Å². The smallest absolute Gasteiger partial charge is 0.254 e. The fourth-order valence-electron chi connectivity index (χ4n) is 3.84. The summed E-state index contributed by atoms with van der Waals surface area (Å²) < 4.78 is 12.9. The van der Waals surface area contributed by atoms with Gasteiger partial charge in [-0.1, -0.05) is 13.8 Å². The van der Waals surface area contributed by atoms with Crippen molar-refractivity contribution in [1.82, 2.24) is 19.6 Å². The Bertz CT molecular complexity index is 815. The predicted molar refractivity (Wildman–Crippen MR) is 101 cm³/mol. The summed E-state index contributed by atoms with van der Waals surface area (Å²) in [6, 6.07) is 7.60. The Morgan fingerprint density at radius 2 is 2.04 bits per heavy atom. The molecule has 1 atom stereocenters. The molecular weight excluding hydrogens is 344 g/mol. The van der Waals surface area contributed by atoms with Gasteiger partial charge >= 0.3 is 0 Å². The van der Waals surface area contributed by atoms with Crippen molar-refractivity contribution in [1.29, 1.82) is 0 Å². The lowest BCUT2D eigenvalue weighted by Crippen LogP contribution is -2.42. The SMILES string of the molecule is CCN(CC)CCC1CN(C(=O)c2ccc3c(c2)OCO3)Cc2ccnn21. The van der Waals surface area contributed by atoms with E-state index < -0.39 is 0 Å². The van der Waals surface area contributed by atoms with Crippen molar-refractivity contribution in [3.05, 3.63) is 41.7 Å². The first-order valence-electron chi connectivity index (χ1n) is 9.63. The van der Waals surface area contributed by atoms with Crippen LogP contribution in [0.2, 0.25) is 0 Å². The highest BCUT2D eigenvalue weighted by Gasteiger charge is 2.30. The average Bonchev–Trinajstić information content (AvgIpc) is 3.36. The van der Waals surface area contributed by atoms with Crippen LogP contribution >= 0.6 is 0 Å². The number of aromatic nitrogens is 2. The summed E-state index contributed by atoms with van der Waals surface area (Å²) in [5, 5.41) is 4.51. The Labute approximate surface area is 159 Å². The maximum Gasteiger partial charge on any atom is 0.254 e. The van der Waals surface area contributed by atoms with Crippen LogP contribution in [0.25, 0.3) is 0 Å². The van der Waals surface area contributed by atoms with Crippen LogP contribution in [0.4, 0.5) is 0 Å². The van der Waals surface area contributed by atoms with E-state index in [0.717, 1.165) is 31.7 Å². The van der Waals surface area contributed by atoms with E-state index in [4.69, 9.17) is 9.47 Å². The highest BCUT2D eigenvalue weighted by molar-refractivity contribution is 5.95. The summed E-state index contributed by atoms with van der Waals surface area (Å²) in [5.41, 5.74) is 1.72. The van der Waals surface area contributed by atoms with E-state index in [9.17, 15) is 4.79 Å². The maximum absolute atomic E-state index is 13.1. The Morgan fingerprint density at radius 3 is 2.85 bits per heavy atom. The van der Waals surface area contributed by atoms with Crippen molar-refractivity contribution in [3.8, 4) is 11.5 Å². The third-order valence-electron chi connectivity index (χ3n) is 5.46. The minimum atomic E-state index is 0.0218. The molecule has 2 aliphatic rings. The monoisotopic (exact) mass is 370 g/mol. The van der Waals surface area contributed by atoms with Crippen molar-refractivity contribution in [2.45, 2.75) is 32.9 Å². The van der Waals surface area contributed by atoms with Gasteiger partial charge in [0.05, 0.1) is 18.3 Å². The van der Waals surface area contributed by atoms with E-state index in [0.29, 0.717) is 30.2 Å². The molecule has 0 fully saturated rings. The van der Waals surface area contributed by atoms with Crippen LogP contribution in [0.5, 0.6) is 11.5 Å². The van der Waals surface area contributed by atoms with Gasteiger partial charge in [0.2, 0.25) is 6.79 Å². The molecule has 7 heteroatoms. The molecule has 27 heavy (non-hydrogen) atoms. The molecule has 0 bridgehead atoms. The topological polar surface area (TPSA) is 59.8 Å². The zero-order valence-electron chi connectivity index (χ0n) is 15.9. The second-order valence-electron chi connectivity index (χ2n) is 6.99.